The fraction of sp³-hybridized carbons (Fsp3) is 0.333. The first-order valence-electron chi connectivity index (χ1n) is 7.95. The maximum absolute atomic E-state index is 12.4. The number of hydrogen-bond donors (Lipinski definition) is 2. The molecule has 0 saturated heterocycles. The van der Waals surface area contributed by atoms with Crippen LogP contribution < -0.4 is 5.43 Å². The number of nitrogens with zero attached hydrogens (tertiary/aromatic N) is 1. The van der Waals surface area contributed by atoms with Gasteiger partial charge in [0.15, 0.2) is 0 Å². The number of aryl methyl sites for hydroxylation is 1. The van der Waals surface area contributed by atoms with Gasteiger partial charge in [0.2, 0.25) is 5.43 Å². The van der Waals surface area contributed by atoms with Gasteiger partial charge in [-0.2, -0.15) is 0 Å². The van der Waals surface area contributed by atoms with Crippen LogP contribution in [0.5, 0.6) is 0 Å². The van der Waals surface area contributed by atoms with Gasteiger partial charge in [-0.3, -0.25) is 4.79 Å². The van der Waals surface area contributed by atoms with Crippen molar-refractivity contribution in [3.63, 3.8) is 0 Å². The first kappa shape index (κ1) is 18.7. The van der Waals surface area contributed by atoms with Crippen LogP contribution in [0.25, 0.3) is 17.0 Å². The molecule has 2 rings (SSSR count). The van der Waals surface area contributed by atoms with Crippen molar-refractivity contribution in [2.75, 3.05) is 26.4 Å². The Morgan fingerprint density at radius 3 is 2.76 bits per heavy atom. The third-order valence-electron chi connectivity index (χ3n) is 3.61. The molecule has 0 saturated carbocycles. The molecule has 2 N–H and O–H groups in total. The van der Waals surface area contributed by atoms with Crippen LogP contribution in [-0.2, 0) is 16.0 Å². The van der Waals surface area contributed by atoms with E-state index in [1.165, 1.54) is 12.5 Å². The predicted octanol–water partition coefficient (Wildman–Crippen LogP) is 1.72. The number of fused-ring (bicyclic) bond motifs is 1. The molecule has 0 radical (unpaired) electrons. The van der Waals surface area contributed by atoms with Crippen molar-refractivity contribution in [1.82, 2.24) is 4.57 Å². The van der Waals surface area contributed by atoms with Gasteiger partial charge >= 0.3 is 5.97 Å². The smallest absolute Gasteiger partial charge is 0.341 e. The van der Waals surface area contributed by atoms with Gasteiger partial charge in [-0.25, -0.2) is 4.79 Å². The van der Waals surface area contributed by atoms with Crippen molar-refractivity contribution >= 4 is 22.9 Å². The Balaban J connectivity index is 2.22. The van der Waals surface area contributed by atoms with Gasteiger partial charge in [0.1, 0.15) is 12.2 Å². The van der Waals surface area contributed by atoms with Crippen molar-refractivity contribution in [2.45, 2.75) is 13.5 Å². The number of rotatable bonds is 9. The minimum Gasteiger partial charge on any atom is -0.499 e. The lowest BCUT2D eigenvalue weighted by Gasteiger charge is -2.10. The zero-order valence-electron chi connectivity index (χ0n) is 14.0. The third-order valence-corrected chi connectivity index (χ3v) is 3.61. The van der Waals surface area contributed by atoms with E-state index >= 15 is 0 Å². The number of aliphatic hydroxyl groups is 1. The largest absolute Gasteiger partial charge is 0.499 e. The van der Waals surface area contributed by atoms with Crippen molar-refractivity contribution in [1.29, 1.82) is 0 Å². The SMILES string of the molecule is CCn1cc(C(=O)O)c(=O)c2cc(C=COCCOCCO)ccc21. The van der Waals surface area contributed by atoms with E-state index in [2.05, 4.69) is 0 Å². The summed E-state index contributed by atoms with van der Waals surface area (Å²) in [6.45, 7) is 3.40. The van der Waals surface area contributed by atoms with Gasteiger partial charge in [0, 0.05) is 18.1 Å². The van der Waals surface area contributed by atoms with Gasteiger partial charge in [-0.15, -0.1) is 0 Å². The standard InChI is InChI=1S/C18H21NO6/c1-2-19-12-15(18(22)23)17(21)14-11-13(3-4-16(14)19)5-7-24-9-10-25-8-6-20/h3-5,7,11-12,20H,2,6,8-10H2,1H3,(H,22,23). The Morgan fingerprint density at radius 1 is 1.28 bits per heavy atom. The van der Waals surface area contributed by atoms with E-state index in [-0.39, 0.29) is 18.8 Å². The average molecular weight is 347 g/mol. The van der Waals surface area contributed by atoms with E-state index in [0.717, 1.165) is 5.56 Å². The van der Waals surface area contributed by atoms with Gasteiger partial charge < -0.3 is 24.3 Å². The number of carboxylic acids is 1. The highest BCUT2D eigenvalue weighted by molar-refractivity contribution is 5.93. The second kappa shape index (κ2) is 9.00. The lowest BCUT2D eigenvalue weighted by atomic mass is 10.1. The molecular weight excluding hydrogens is 326 g/mol. The van der Waals surface area contributed by atoms with Crippen LogP contribution in [0.3, 0.4) is 0 Å². The molecule has 25 heavy (non-hydrogen) atoms. The number of aromatic nitrogens is 1. The second-order valence-corrected chi connectivity index (χ2v) is 5.25. The monoisotopic (exact) mass is 347 g/mol. The van der Waals surface area contributed by atoms with Gasteiger partial charge in [-0.1, -0.05) is 6.07 Å². The highest BCUT2D eigenvalue weighted by Crippen LogP contribution is 2.16. The molecule has 0 spiro atoms. The molecule has 0 amide bonds. The maximum atomic E-state index is 12.4. The van der Waals surface area contributed by atoms with Crippen molar-refractivity contribution in [3.8, 4) is 0 Å². The topological polar surface area (TPSA) is 98.0 Å². The summed E-state index contributed by atoms with van der Waals surface area (Å²) >= 11 is 0. The quantitative estimate of drug-likeness (QED) is 0.529. The Bertz CT molecular complexity index is 824. The molecular formula is C18H21NO6. The molecule has 1 aromatic carbocycles. The third kappa shape index (κ3) is 4.68. The number of aliphatic hydroxyl groups excluding tert-OH is 1. The van der Waals surface area contributed by atoms with Crippen LogP contribution in [0, 0.1) is 0 Å². The zero-order valence-corrected chi connectivity index (χ0v) is 14.0. The summed E-state index contributed by atoms with van der Waals surface area (Å²) < 4.78 is 12.1. The van der Waals surface area contributed by atoms with Gasteiger partial charge in [-0.05, 0) is 30.7 Å². The van der Waals surface area contributed by atoms with Gasteiger partial charge in [0.05, 0.1) is 31.6 Å². The van der Waals surface area contributed by atoms with Crippen LogP contribution in [0.1, 0.15) is 22.8 Å². The number of benzene rings is 1. The molecule has 0 unspecified atom stereocenters. The molecule has 7 heteroatoms. The molecule has 134 valence electrons. The first-order valence-corrected chi connectivity index (χ1v) is 7.95. The van der Waals surface area contributed by atoms with Crippen LogP contribution in [0.4, 0.5) is 0 Å². The van der Waals surface area contributed by atoms with E-state index in [0.29, 0.717) is 30.7 Å². The average Bonchev–Trinajstić information content (AvgIpc) is 2.61. The summed E-state index contributed by atoms with van der Waals surface area (Å²) in [7, 11) is 0. The maximum Gasteiger partial charge on any atom is 0.341 e. The molecule has 0 aliphatic heterocycles. The Kier molecular flexibility index (Phi) is 6.73. The van der Waals surface area contributed by atoms with E-state index < -0.39 is 11.4 Å². The summed E-state index contributed by atoms with van der Waals surface area (Å²) in [6, 6.07) is 5.27. The molecule has 2 aromatic rings. The fourth-order valence-corrected chi connectivity index (χ4v) is 2.40. The Morgan fingerprint density at radius 2 is 2.08 bits per heavy atom. The van der Waals surface area contributed by atoms with Crippen LogP contribution in [0.15, 0.2) is 35.5 Å². The molecule has 0 aliphatic carbocycles. The molecule has 0 atom stereocenters. The van der Waals surface area contributed by atoms with Crippen molar-refractivity contribution < 1.29 is 24.5 Å². The van der Waals surface area contributed by atoms with Crippen LogP contribution in [-0.4, -0.2) is 47.2 Å². The molecule has 0 aliphatic rings. The highest BCUT2D eigenvalue weighted by Gasteiger charge is 2.14. The molecule has 0 bridgehead atoms. The van der Waals surface area contributed by atoms with E-state index in [1.807, 2.05) is 13.0 Å². The number of carbonyl (C=O) groups is 1. The lowest BCUT2D eigenvalue weighted by molar-refractivity contribution is 0.0604. The van der Waals surface area contributed by atoms with Crippen molar-refractivity contribution in [3.05, 3.63) is 52.0 Å². The summed E-state index contributed by atoms with van der Waals surface area (Å²) in [4.78, 5) is 23.6. The number of pyridine rings is 1. The number of hydrogen-bond acceptors (Lipinski definition) is 5. The fourth-order valence-electron chi connectivity index (χ4n) is 2.40. The number of carboxylic acid groups (broad SMARTS) is 1. The predicted molar refractivity (Wildman–Crippen MR) is 93.7 cm³/mol. The summed E-state index contributed by atoms with van der Waals surface area (Å²) in [6.07, 6.45) is 4.55. The summed E-state index contributed by atoms with van der Waals surface area (Å²) in [5, 5.41) is 18.1. The molecule has 1 heterocycles. The van der Waals surface area contributed by atoms with E-state index in [4.69, 9.17) is 14.6 Å². The van der Waals surface area contributed by atoms with Crippen LogP contribution in [0.2, 0.25) is 0 Å². The highest BCUT2D eigenvalue weighted by atomic mass is 16.5. The lowest BCUT2D eigenvalue weighted by Crippen LogP contribution is -2.18. The van der Waals surface area contributed by atoms with Crippen LogP contribution >= 0.6 is 0 Å². The first-order chi connectivity index (χ1) is 12.1. The molecule has 7 nitrogen and oxygen atoms in total. The Hall–Kier alpha value is -2.64. The minimum atomic E-state index is -1.23. The second-order valence-electron chi connectivity index (χ2n) is 5.25. The Labute approximate surface area is 144 Å². The molecule has 0 fully saturated rings. The summed E-state index contributed by atoms with van der Waals surface area (Å²) in [5.41, 5.74) is 0.674. The number of ether oxygens (including phenoxy) is 2. The van der Waals surface area contributed by atoms with Gasteiger partial charge in [0.25, 0.3) is 0 Å². The van der Waals surface area contributed by atoms with Crippen molar-refractivity contribution in [2.24, 2.45) is 0 Å². The van der Waals surface area contributed by atoms with E-state index in [9.17, 15) is 14.7 Å². The number of aromatic carboxylic acids is 1. The minimum absolute atomic E-state index is 0.0272. The normalized spacial score (nSPS) is 11.3. The summed E-state index contributed by atoms with van der Waals surface area (Å²) in [5.74, 6) is -1.23. The zero-order chi connectivity index (χ0) is 18.2. The molecule has 1 aromatic heterocycles. The van der Waals surface area contributed by atoms with E-state index in [1.54, 1.807) is 22.8 Å².